The van der Waals surface area contributed by atoms with Crippen LogP contribution >= 0.6 is 0 Å². The number of carbonyl (C=O) groups is 1. The van der Waals surface area contributed by atoms with E-state index in [2.05, 4.69) is 10.1 Å². The summed E-state index contributed by atoms with van der Waals surface area (Å²) in [5.74, 6) is -0.322. The number of nitrogens with one attached hydrogen (secondary N) is 1. The van der Waals surface area contributed by atoms with Crippen molar-refractivity contribution >= 4 is 11.7 Å². The summed E-state index contributed by atoms with van der Waals surface area (Å²) in [4.78, 5) is 11.3. The molecule has 1 aromatic rings. The van der Waals surface area contributed by atoms with E-state index in [1.807, 2.05) is 12.1 Å². The molecular formula is C12H16N2O2. The van der Waals surface area contributed by atoms with Crippen molar-refractivity contribution in [2.45, 2.75) is 18.4 Å². The third-order valence-corrected chi connectivity index (χ3v) is 2.82. The van der Waals surface area contributed by atoms with Crippen LogP contribution in [0.25, 0.3) is 0 Å². The molecule has 2 rings (SSSR count). The molecule has 0 saturated heterocycles. The van der Waals surface area contributed by atoms with Crippen LogP contribution in [0.5, 0.6) is 0 Å². The lowest BCUT2D eigenvalue weighted by molar-refractivity contribution is 0.0601. The Labute approximate surface area is 94.8 Å². The van der Waals surface area contributed by atoms with Crippen LogP contribution in [-0.4, -0.2) is 25.2 Å². The van der Waals surface area contributed by atoms with Crippen molar-refractivity contribution in [3.63, 3.8) is 0 Å². The number of carbonyl (C=O) groups excluding carboxylic acids is 1. The first kappa shape index (κ1) is 11.0. The van der Waals surface area contributed by atoms with Gasteiger partial charge in [-0.05, 0) is 31.0 Å². The second kappa shape index (κ2) is 4.14. The summed E-state index contributed by atoms with van der Waals surface area (Å²) in [6.07, 6.45) is 2.13. The van der Waals surface area contributed by atoms with E-state index >= 15 is 0 Å². The number of esters is 1. The van der Waals surface area contributed by atoms with Gasteiger partial charge in [0, 0.05) is 17.8 Å². The van der Waals surface area contributed by atoms with Gasteiger partial charge >= 0.3 is 5.97 Å². The summed E-state index contributed by atoms with van der Waals surface area (Å²) < 4.78 is 4.66. The molecule has 1 saturated carbocycles. The summed E-state index contributed by atoms with van der Waals surface area (Å²) in [6.45, 7) is 0.748. The molecule has 1 aromatic carbocycles. The highest BCUT2D eigenvalue weighted by Crippen LogP contribution is 2.32. The van der Waals surface area contributed by atoms with Crippen LogP contribution in [0, 0.1) is 0 Å². The van der Waals surface area contributed by atoms with Crippen molar-refractivity contribution in [3.05, 3.63) is 29.8 Å². The predicted octanol–water partition coefficient (Wildman–Crippen LogP) is 1.38. The van der Waals surface area contributed by atoms with Crippen molar-refractivity contribution in [2.24, 2.45) is 5.73 Å². The zero-order chi connectivity index (χ0) is 11.6. The molecule has 4 nitrogen and oxygen atoms in total. The van der Waals surface area contributed by atoms with Crippen molar-refractivity contribution in [2.75, 3.05) is 19.0 Å². The number of ether oxygens (including phenoxy) is 1. The van der Waals surface area contributed by atoms with Crippen molar-refractivity contribution in [3.8, 4) is 0 Å². The predicted molar refractivity (Wildman–Crippen MR) is 62.4 cm³/mol. The molecule has 0 heterocycles. The van der Waals surface area contributed by atoms with Gasteiger partial charge in [0.2, 0.25) is 0 Å². The average molecular weight is 220 g/mol. The minimum atomic E-state index is -0.322. The summed E-state index contributed by atoms with van der Waals surface area (Å²) in [5.41, 5.74) is 7.38. The molecule has 16 heavy (non-hydrogen) atoms. The van der Waals surface area contributed by atoms with Crippen LogP contribution in [0.15, 0.2) is 24.3 Å². The molecule has 0 radical (unpaired) electrons. The summed E-state index contributed by atoms with van der Waals surface area (Å²) in [6, 6.07) is 7.24. The van der Waals surface area contributed by atoms with Crippen LogP contribution in [0.3, 0.4) is 0 Å². The van der Waals surface area contributed by atoms with Crippen molar-refractivity contribution in [1.29, 1.82) is 0 Å². The van der Waals surface area contributed by atoms with E-state index < -0.39 is 0 Å². The number of benzene rings is 1. The van der Waals surface area contributed by atoms with Gasteiger partial charge in [-0.2, -0.15) is 0 Å². The van der Waals surface area contributed by atoms with Crippen LogP contribution in [-0.2, 0) is 4.74 Å². The number of hydrogen-bond donors (Lipinski definition) is 2. The molecule has 0 aliphatic heterocycles. The van der Waals surface area contributed by atoms with Crippen molar-refractivity contribution < 1.29 is 9.53 Å². The lowest BCUT2D eigenvalue weighted by Gasteiger charge is -2.12. The van der Waals surface area contributed by atoms with Gasteiger partial charge < -0.3 is 15.8 Å². The highest BCUT2D eigenvalue weighted by molar-refractivity contribution is 5.90. The molecule has 0 unspecified atom stereocenters. The standard InChI is InChI=1S/C12H16N2O2/c1-16-11(15)9-3-2-4-10(7-9)14-8-12(13)5-6-12/h2-4,7,14H,5-6,8,13H2,1H3. The molecule has 1 aliphatic carbocycles. The SMILES string of the molecule is COC(=O)c1cccc(NCC2(N)CC2)c1. The first-order chi connectivity index (χ1) is 7.63. The molecule has 4 heteroatoms. The van der Waals surface area contributed by atoms with Gasteiger partial charge in [-0.25, -0.2) is 4.79 Å². The fourth-order valence-electron chi connectivity index (χ4n) is 1.49. The Hall–Kier alpha value is -1.55. The molecule has 0 spiro atoms. The molecular weight excluding hydrogens is 204 g/mol. The number of nitrogens with two attached hydrogens (primary N) is 1. The molecule has 0 amide bonds. The highest BCUT2D eigenvalue weighted by Gasteiger charge is 2.37. The highest BCUT2D eigenvalue weighted by atomic mass is 16.5. The first-order valence-corrected chi connectivity index (χ1v) is 5.34. The molecule has 1 aliphatic rings. The number of rotatable bonds is 4. The Morgan fingerprint density at radius 2 is 2.31 bits per heavy atom. The molecule has 0 atom stereocenters. The maximum Gasteiger partial charge on any atom is 0.337 e. The average Bonchev–Trinajstić information content (AvgIpc) is 3.05. The normalized spacial score (nSPS) is 16.6. The van der Waals surface area contributed by atoms with E-state index in [0.29, 0.717) is 5.56 Å². The lowest BCUT2D eigenvalue weighted by Crippen LogP contribution is -2.31. The fourth-order valence-corrected chi connectivity index (χ4v) is 1.49. The molecule has 86 valence electrons. The van der Waals surface area contributed by atoms with Gasteiger partial charge in [-0.15, -0.1) is 0 Å². The Morgan fingerprint density at radius 3 is 2.94 bits per heavy atom. The second-order valence-electron chi connectivity index (χ2n) is 4.29. The van der Waals surface area contributed by atoms with E-state index in [0.717, 1.165) is 25.1 Å². The fraction of sp³-hybridized carbons (Fsp3) is 0.417. The third-order valence-electron chi connectivity index (χ3n) is 2.82. The van der Waals surface area contributed by atoms with Gasteiger partial charge in [0.25, 0.3) is 0 Å². The van der Waals surface area contributed by atoms with E-state index in [1.54, 1.807) is 12.1 Å². The minimum Gasteiger partial charge on any atom is -0.465 e. The summed E-state index contributed by atoms with van der Waals surface area (Å²) in [5, 5.41) is 3.23. The summed E-state index contributed by atoms with van der Waals surface area (Å²) in [7, 11) is 1.38. The van der Waals surface area contributed by atoms with E-state index in [1.165, 1.54) is 7.11 Å². The van der Waals surface area contributed by atoms with Crippen LogP contribution < -0.4 is 11.1 Å². The molecule has 3 N–H and O–H groups in total. The van der Waals surface area contributed by atoms with Gasteiger partial charge in [-0.3, -0.25) is 0 Å². The minimum absolute atomic E-state index is 0.0404. The Kier molecular flexibility index (Phi) is 2.83. The molecule has 0 bridgehead atoms. The number of hydrogen-bond acceptors (Lipinski definition) is 4. The quantitative estimate of drug-likeness (QED) is 0.752. The van der Waals surface area contributed by atoms with Crippen LogP contribution in [0.2, 0.25) is 0 Å². The van der Waals surface area contributed by atoms with E-state index in [9.17, 15) is 4.79 Å². The van der Waals surface area contributed by atoms with Crippen LogP contribution in [0.4, 0.5) is 5.69 Å². The number of anilines is 1. The third kappa shape index (κ3) is 2.52. The van der Waals surface area contributed by atoms with E-state index in [4.69, 9.17) is 5.73 Å². The Morgan fingerprint density at radius 1 is 1.56 bits per heavy atom. The lowest BCUT2D eigenvalue weighted by atomic mass is 10.2. The van der Waals surface area contributed by atoms with E-state index in [-0.39, 0.29) is 11.5 Å². The Balaban J connectivity index is 2.01. The zero-order valence-electron chi connectivity index (χ0n) is 9.32. The summed E-state index contributed by atoms with van der Waals surface area (Å²) >= 11 is 0. The molecule has 0 aromatic heterocycles. The zero-order valence-corrected chi connectivity index (χ0v) is 9.32. The van der Waals surface area contributed by atoms with Crippen LogP contribution in [0.1, 0.15) is 23.2 Å². The van der Waals surface area contributed by atoms with Gasteiger partial charge in [0.05, 0.1) is 12.7 Å². The largest absolute Gasteiger partial charge is 0.465 e. The first-order valence-electron chi connectivity index (χ1n) is 5.34. The van der Waals surface area contributed by atoms with Gasteiger partial charge in [-0.1, -0.05) is 6.07 Å². The maximum atomic E-state index is 11.3. The smallest absolute Gasteiger partial charge is 0.337 e. The Bertz CT molecular complexity index is 400. The molecule has 1 fully saturated rings. The van der Waals surface area contributed by atoms with Crippen molar-refractivity contribution in [1.82, 2.24) is 0 Å². The van der Waals surface area contributed by atoms with Gasteiger partial charge in [0.15, 0.2) is 0 Å². The topological polar surface area (TPSA) is 64.3 Å². The maximum absolute atomic E-state index is 11.3. The second-order valence-corrected chi connectivity index (χ2v) is 4.29. The monoisotopic (exact) mass is 220 g/mol. The van der Waals surface area contributed by atoms with Gasteiger partial charge in [0.1, 0.15) is 0 Å². The number of methoxy groups -OCH3 is 1.